The molecule has 0 saturated carbocycles. The van der Waals surface area contributed by atoms with Gasteiger partial charge in [0.1, 0.15) is 0 Å². The lowest BCUT2D eigenvalue weighted by atomic mass is 10.0. The van der Waals surface area contributed by atoms with E-state index in [9.17, 15) is 0 Å². The topological polar surface area (TPSA) is 26.7 Å². The minimum atomic E-state index is 0.249. The van der Waals surface area contributed by atoms with E-state index >= 15 is 0 Å². The lowest BCUT2D eigenvalue weighted by molar-refractivity contribution is 0.106. The number of hydrogen-bond acceptors (Lipinski definition) is 3. The molecule has 1 N–H and O–H groups in total. The molecule has 1 aliphatic rings. The molecular weight excluding hydrogens is 188 g/mol. The summed E-state index contributed by atoms with van der Waals surface area (Å²) < 4.78 is 0. The molecule has 1 rings (SSSR count). The van der Waals surface area contributed by atoms with Gasteiger partial charge in [0.05, 0.1) is 0 Å². The van der Waals surface area contributed by atoms with E-state index in [1.54, 1.807) is 0 Å². The number of aliphatic hydroxyl groups excluding tert-OH is 1. The molecule has 0 aliphatic carbocycles. The van der Waals surface area contributed by atoms with E-state index in [0.717, 1.165) is 19.5 Å². The van der Waals surface area contributed by atoms with Crippen LogP contribution in [-0.2, 0) is 0 Å². The largest absolute Gasteiger partial charge is 0.396 e. The van der Waals surface area contributed by atoms with Gasteiger partial charge in [-0.15, -0.1) is 0 Å². The van der Waals surface area contributed by atoms with Crippen LogP contribution < -0.4 is 0 Å². The monoisotopic (exact) mass is 214 g/mol. The van der Waals surface area contributed by atoms with Gasteiger partial charge in [0.2, 0.25) is 0 Å². The van der Waals surface area contributed by atoms with Gasteiger partial charge in [-0.2, -0.15) is 0 Å². The van der Waals surface area contributed by atoms with E-state index in [4.69, 9.17) is 5.11 Å². The van der Waals surface area contributed by atoms with Crippen LogP contribution in [0.3, 0.4) is 0 Å². The Kier molecular flexibility index (Phi) is 4.56. The zero-order chi connectivity index (χ0) is 11.5. The number of hydrogen-bond donors (Lipinski definition) is 1. The number of nitrogens with zero attached hydrogens (tertiary/aromatic N) is 2. The highest BCUT2D eigenvalue weighted by Gasteiger charge is 2.28. The maximum absolute atomic E-state index is 9.07. The summed E-state index contributed by atoms with van der Waals surface area (Å²) in [6, 6.07) is 0.511. The molecule has 1 unspecified atom stereocenters. The van der Waals surface area contributed by atoms with Crippen molar-refractivity contribution in [2.45, 2.75) is 45.2 Å². The standard InChI is InChI=1S/C12H26N2O/c1-12(2,3)14-8-5-7-13(4)11(10-14)6-9-15/h11,15H,5-10H2,1-4H3. The van der Waals surface area contributed by atoms with Crippen LogP contribution >= 0.6 is 0 Å². The number of likely N-dealkylation sites (N-methyl/N-ethyl adjacent to an activating group) is 1. The molecule has 1 aliphatic heterocycles. The molecule has 0 bridgehead atoms. The third kappa shape index (κ3) is 3.74. The van der Waals surface area contributed by atoms with E-state index < -0.39 is 0 Å². The van der Waals surface area contributed by atoms with Crippen LogP contribution in [0, 0.1) is 0 Å². The molecule has 0 aromatic carbocycles. The van der Waals surface area contributed by atoms with Crippen molar-refractivity contribution in [1.29, 1.82) is 0 Å². The fourth-order valence-corrected chi connectivity index (χ4v) is 2.25. The molecular formula is C12H26N2O. The normalized spacial score (nSPS) is 26.6. The van der Waals surface area contributed by atoms with Crippen LogP contribution in [0.1, 0.15) is 33.6 Å². The Bertz CT molecular complexity index is 189. The summed E-state index contributed by atoms with van der Waals surface area (Å²) in [4.78, 5) is 4.93. The first-order valence-corrected chi connectivity index (χ1v) is 6.01. The van der Waals surface area contributed by atoms with Gasteiger partial charge < -0.3 is 10.0 Å². The highest BCUT2D eigenvalue weighted by molar-refractivity contribution is 4.84. The number of rotatable bonds is 2. The average Bonchev–Trinajstić information content (AvgIpc) is 2.29. The summed E-state index contributed by atoms with van der Waals surface area (Å²) >= 11 is 0. The minimum Gasteiger partial charge on any atom is -0.396 e. The van der Waals surface area contributed by atoms with Crippen molar-refractivity contribution in [2.24, 2.45) is 0 Å². The summed E-state index contributed by atoms with van der Waals surface area (Å²) in [5, 5.41) is 9.07. The van der Waals surface area contributed by atoms with Gasteiger partial charge in [0, 0.05) is 24.7 Å². The minimum absolute atomic E-state index is 0.249. The van der Waals surface area contributed by atoms with Gasteiger partial charge in [0.25, 0.3) is 0 Å². The molecule has 1 fully saturated rings. The highest BCUT2D eigenvalue weighted by Crippen LogP contribution is 2.19. The summed E-state index contributed by atoms with van der Waals surface area (Å²) in [7, 11) is 2.17. The molecule has 1 heterocycles. The molecule has 1 atom stereocenters. The van der Waals surface area contributed by atoms with Gasteiger partial charge in [0.15, 0.2) is 0 Å². The Balaban J connectivity index is 2.63. The van der Waals surface area contributed by atoms with Gasteiger partial charge >= 0.3 is 0 Å². The summed E-state index contributed by atoms with van der Waals surface area (Å²) in [5.41, 5.74) is 0.249. The van der Waals surface area contributed by atoms with E-state index in [2.05, 4.69) is 37.6 Å². The first-order valence-electron chi connectivity index (χ1n) is 6.01. The van der Waals surface area contributed by atoms with Crippen molar-refractivity contribution >= 4 is 0 Å². The molecule has 90 valence electrons. The van der Waals surface area contributed by atoms with Crippen LogP contribution in [-0.4, -0.2) is 59.8 Å². The molecule has 3 nitrogen and oxygen atoms in total. The summed E-state index contributed by atoms with van der Waals surface area (Å²) in [6.07, 6.45) is 2.12. The first-order chi connectivity index (χ1) is 6.95. The van der Waals surface area contributed by atoms with Crippen LogP contribution in [0.15, 0.2) is 0 Å². The van der Waals surface area contributed by atoms with Crippen LogP contribution in [0.5, 0.6) is 0 Å². The third-order valence-corrected chi connectivity index (χ3v) is 3.40. The highest BCUT2D eigenvalue weighted by atomic mass is 16.3. The summed E-state index contributed by atoms with van der Waals surface area (Å²) in [5.74, 6) is 0. The van der Waals surface area contributed by atoms with E-state index in [0.29, 0.717) is 12.6 Å². The quantitative estimate of drug-likeness (QED) is 0.747. The van der Waals surface area contributed by atoms with Crippen molar-refractivity contribution in [3.05, 3.63) is 0 Å². The lowest BCUT2D eigenvalue weighted by Gasteiger charge is -2.37. The Morgan fingerprint density at radius 2 is 1.93 bits per heavy atom. The van der Waals surface area contributed by atoms with E-state index in [1.165, 1.54) is 13.0 Å². The Labute approximate surface area is 94.1 Å². The third-order valence-electron chi connectivity index (χ3n) is 3.40. The Morgan fingerprint density at radius 1 is 1.27 bits per heavy atom. The second-order valence-electron chi connectivity index (χ2n) is 5.62. The first kappa shape index (κ1) is 12.9. The SMILES string of the molecule is CN1CCCN(C(C)(C)C)CC1CCO. The van der Waals surface area contributed by atoms with Crippen molar-refractivity contribution in [3.8, 4) is 0 Å². The zero-order valence-corrected chi connectivity index (χ0v) is 10.7. The molecule has 0 aromatic heterocycles. The molecule has 0 spiro atoms. The van der Waals surface area contributed by atoms with Crippen LogP contribution in [0.25, 0.3) is 0 Å². The Hall–Kier alpha value is -0.120. The smallest absolute Gasteiger partial charge is 0.0446 e. The molecule has 0 amide bonds. The van der Waals surface area contributed by atoms with Crippen molar-refractivity contribution in [2.75, 3.05) is 33.3 Å². The molecule has 15 heavy (non-hydrogen) atoms. The fraction of sp³-hybridized carbons (Fsp3) is 1.00. The lowest BCUT2D eigenvalue weighted by Crippen LogP contribution is -2.47. The fourth-order valence-electron chi connectivity index (χ4n) is 2.25. The van der Waals surface area contributed by atoms with E-state index in [1.807, 2.05) is 0 Å². The van der Waals surface area contributed by atoms with Crippen molar-refractivity contribution in [1.82, 2.24) is 9.80 Å². The molecule has 1 saturated heterocycles. The van der Waals surface area contributed by atoms with Gasteiger partial charge in [-0.3, -0.25) is 4.90 Å². The average molecular weight is 214 g/mol. The predicted octanol–water partition coefficient (Wildman–Crippen LogP) is 1.17. The zero-order valence-electron chi connectivity index (χ0n) is 10.7. The maximum Gasteiger partial charge on any atom is 0.0446 e. The predicted molar refractivity (Wildman–Crippen MR) is 64.1 cm³/mol. The second kappa shape index (κ2) is 5.28. The number of aliphatic hydroxyl groups is 1. The van der Waals surface area contributed by atoms with Crippen LogP contribution in [0.2, 0.25) is 0 Å². The molecule has 3 heteroatoms. The van der Waals surface area contributed by atoms with Crippen molar-refractivity contribution in [3.63, 3.8) is 0 Å². The van der Waals surface area contributed by atoms with Crippen LogP contribution in [0.4, 0.5) is 0 Å². The molecule has 0 radical (unpaired) electrons. The van der Waals surface area contributed by atoms with Gasteiger partial charge in [-0.1, -0.05) is 0 Å². The summed E-state index contributed by atoms with van der Waals surface area (Å²) in [6.45, 7) is 10.5. The maximum atomic E-state index is 9.07. The second-order valence-corrected chi connectivity index (χ2v) is 5.62. The Morgan fingerprint density at radius 3 is 2.47 bits per heavy atom. The molecule has 0 aromatic rings. The van der Waals surface area contributed by atoms with E-state index in [-0.39, 0.29) is 5.54 Å². The van der Waals surface area contributed by atoms with Gasteiger partial charge in [-0.05, 0) is 53.8 Å². The van der Waals surface area contributed by atoms with Gasteiger partial charge in [-0.25, -0.2) is 0 Å². The van der Waals surface area contributed by atoms with Crippen molar-refractivity contribution < 1.29 is 5.11 Å².